The highest BCUT2D eigenvalue weighted by molar-refractivity contribution is 7.16. The highest BCUT2D eigenvalue weighted by Crippen LogP contribution is 2.32. The quantitative estimate of drug-likeness (QED) is 0.161. The molecule has 1 aliphatic heterocycles. The molecule has 0 radical (unpaired) electrons. The van der Waals surface area contributed by atoms with Gasteiger partial charge in [0.05, 0.1) is 28.8 Å². The van der Waals surface area contributed by atoms with Crippen molar-refractivity contribution in [3.63, 3.8) is 0 Å². The van der Waals surface area contributed by atoms with Crippen LogP contribution in [0.25, 0.3) is 10.2 Å². The number of thiazole rings is 2. The van der Waals surface area contributed by atoms with Crippen LogP contribution in [0.5, 0.6) is 0 Å². The van der Waals surface area contributed by atoms with Gasteiger partial charge in [0, 0.05) is 33.3 Å². The van der Waals surface area contributed by atoms with Crippen molar-refractivity contribution in [2.24, 2.45) is 4.99 Å². The van der Waals surface area contributed by atoms with Gasteiger partial charge in [-0.05, 0) is 41.8 Å². The summed E-state index contributed by atoms with van der Waals surface area (Å²) in [5.41, 5.74) is 3.65. The van der Waals surface area contributed by atoms with Crippen LogP contribution in [0, 0.1) is 0 Å². The van der Waals surface area contributed by atoms with Gasteiger partial charge in [-0.3, -0.25) is 9.36 Å². The van der Waals surface area contributed by atoms with E-state index in [2.05, 4.69) is 29.6 Å². The largest absolute Gasteiger partial charge is 0.464 e. The predicted octanol–water partition coefficient (Wildman–Crippen LogP) is 5.05. The van der Waals surface area contributed by atoms with Crippen LogP contribution in [0.4, 0.5) is 5.13 Å². The van der Waals surface area contributed by atoms with Crippen molar-refractivity contribution in [1.29, 1.82) is 0 Å². The molecular weight excluding hydrogens is 577 g/mol. The van der Waals surface area contributed by atoms with Crippen molar-refractivity contribution in [2.75, 3.05) is 25.2 Å². The summed E-state index contributed by atoms with van der Waals surface area (Å²) in [5.74, 6) is -0.888. The van der Waals surface area contributed by atoms with Crippen LogP contribution in [0.2, 0.25) is 25.7 Å². The summed E-state index contributed by atoms with van der Waals surface area (Å²) in [6.07, 6.45) is 0.714. The maximum Gasteiger partial charge on any atom is 0.358 e. The van der Waals surface area contributed by atoms with E-state index in [1.165, 1.54) is 29.8 Å². The second kappa shape index (κ2) is 12.4. The number of methoxy groups -OCH3 is 1. The van der Waals surface area contributed by atoms with Gasteiger partial charge in [-0.25, -0.2) is 9.78 Å². The number of hydrogen-bond acceptors (Lipinski definition) is 9. The number of aliphatic hydroxyl groups is 1. The number of anilines is 1. The maximum atomic E-state index is 13.7. The van der Waals surface area contributed by atoms with Gasteiger partial charge in [0.2, 0.25) is 0 Å². The average Bonchev–Trinajstić information content (AvgIpc) is 3.55. The Morgan fingerprint density at radius 1 is 1.12 bits per heavy atom. The standard InChI is InChI=1S/C29H34N4O5S2Si/c1-37-27(36)25-24(17-34)40-28(30-25)32-13-12-19-8-7-9-20(21(19)16-32)26(35)31-29-33(18-38-14-15-41(2,3)4)22-10-5-6-11-23(22)39-29/h5-11,34H,12-18H2,1-4H3. The Bertz CT molecular complexity index is 1650. The molecule has 4 aromatic rings. The molecule has 0 spiro atoms. The number of carbonyl (C=O) groups is 2. The first-order chi connectivity index (χ1) is 19.7. The Hall–Kier alpha value is -3.16. The van der Waals surface area contributed by atoms with Gasteiger partial charge in [-0.15, -0.1) is 0 Å². The van der Waals surface area contributed by atoms with Crippen molar-refractivity contribution in [3.8, 4) is 0 Å². The lowest BCUT2D eigenvalue weighted by molar-refractivity contribution is 0.0591. The number of benzene rings is 2. The van der Waals surface area contributed by atoms with Crippen LogP contribution >= 0.6 is 22.7 Å². The molecule has 0 saturated heterocycles. The Labute approximate surface area is 247 Å². The second-order valence-electron chi connectivity index (χ2n) is 11.1. The average molecular weight is 611 g/mol. The van der Waals surface area contributed by atoms with E-state index < -0.39 is 14.0 Å². The first-order valence-corrected chi connectivity index (χ1v) is 18.8. The van der Waals surface area contributed by atoms with Crippen LogP contribution in [-0.4, -0.2) is 54.9 Å². The van der Waals surface area contributed by atoms with E-state index in [4.69, 9.17) is 9.47 Å². The first kappa shape index (κ1) is 29.3. The Balaban J connectivity index is 1.45. The third-order valence-corrected chi connectivity index (χ3v) is 10.8. The molecule has 2 aromatic heterocycles. The number of rotatable bonds is 9. The smallest absolute Gasteiger partial charge is 0.358 e. The van der Waals surface area contributed by atoms with Gasteiger partial charge in [0.15, 0.2) is 15.6 Å². The molecule has 41 heavy (non-hydrogen) atoms. The molecule has 2 aromatic carbocycles. The highest BCUT2D eigenvalue weighted by atomic mass is 32.1. The van der Waals surface area contributed by atoms with Crippen molar-refractivity contribution in [2.45, 2.75) is 52.0 Å². The molecule has 0 fully saturated rings. The monoisotopic (exact) mass is 610 g/mol. The molecule has 3 heterocycles. The van der Waals surface area contributed by atoms with Gasteiger partial charge >= 0.3 is 5.97 Å². The molecule has 1 amide bonds. The van der Waals surface area contributed by atoms with Crippen molar-refractivity contribution in [3.05, 3.63) is 74.5 Å². The minimum atomic E-state index is -1.23. The lowest BCUT2D eigenvalue weighted by atomic mass is 9.95. The number of amides is 1. The normalized spacial score (nSPS) is 14.0. The fourth-order valence-electron chi connectivity index (χ4n) is 4.69. The summed E-state index contributed by atoms with van der Waals surface area (Å²) in [7, 11) is 0.0672. The molecule has 0 unspecified atom stereocenters. The van der Waals surface area contributed by atoms with Crippen LogP contribution in [0.1, 0.15) is 36.9 Å². The molecule has 12 heteroatoms. The molecule has 216 valence electrons. The SMILES string of the molecule is COC(=O)c1nc(N2CCc3cccc(C(=O)N=c4sc5ccccc5n4COCC[Si](C)(C)C)c3C2)sc1CO. The number of ether oxygens (including phenoxy) is 2. The number of para-hydroxylation sites is 1. The molecule has 1 aliphatic rings. The van der Waals surface area contributed by atoms with Gasteiger partial charge in [-0.2, -0.15) is 4.99 Å². The third-order valence-electron chi connectivity index (χ3n) is 6.98. The number of aliphatic hydroxyl groups excluding tert-OH is 1. The lowest BCUT2D eigenvalue weighted by Crippen LogP contribution is -2.31. The van der Waals surface area contributed by atoms with E-state index in [1.807, 2.05) is 51.9 Å². The Kier molecular flexibility index (Phi) is 8.85. The molecular formula is C29H34N4O5S2Si. The highest BCUT2D eigenvalue weighted by Gasteiger charge is 2.26. The fourth-order valence-corrected chi connectivity index (χ4v) is 7.40. The lowest BCUT2D eigenvalue weighted by Gasteiger charge is -2.29. The summed E-state index contributed by atoms with van der Waals surface area (Å²) in [6.45, 7) is 8.79. The number of fused-ring (bicyclic) bond motifs is 2. The second-order valence-corrected chi connectivity index (χ2v) is 18.8. The third kappa shape index (κ3) is 6.51. The number of hydrogen-bond donors (Lipinski definition) is 1. The number of aromatic nitrogens is 2. The Morgan fingerprint density at radius 2 is 1.93 bits per heavy atom. The van der Waals surface area contributed by atoms with Gasteiger partial charge in [0.25, 0.3) is 5.91 Å². The van der Waals surface area contributed by atoms with Gasteiger partial charge in [0.1, 0.15) is 6.73 Å². The summed E-state index contributed by atoms with van der Waals surface area (Å²) in [6, 6.07) is 14.8. The van der Waals surface area contributed by atoms with Crippen molar-refractivity contribution >= 4 is 58.0 Å². The van der Waals surface area contributed by atoms with Gasteiger partial charge < -0.3 is 19.5 Å². The predicted molar refractivity (Wildman–Crippen MR) is 164 cm³/mol. The van der Waals surface area contributed by atoms with E-state index in [0.717, 1.165) is 27.4 Å². The number of carbonyl (C=O) groups excluding carboxylic acids is 2. The minimum Gasteiger partial charge on any atom is -0.464 e. The molecule has 1 N–H and O–H groups in total. The van der Waals surface area contributed by atoms with Crippen molar-refractivity contribution in [1.82, 2.24) is 9.55 Å². The van der Waals surface area contributed by atoms with E-state index in [1.54, 1.807) is 0 Å². The fraction of sp³-hybridized carbons (Fsp3) is 0.379. The molecule has 9 nitrogen and oxygen atoms in total. The van der Waals surface area contributed by atoms with Crippen molar-refractivity contribution < 1.29 is 24.2 Å². The van der Waals surface area contributed by atoms with Crippen LogP contribution in [-0.2, 0) is 35.8 Å². The van der Waals surface area contributed by atoms with E-state index in [-0.39, 0.29) is 18.2 Å². The zero-order valence-corrected chi connectivity index (χ0v) is 26.3. The first-order valence-electron chi connectivity index (χ1n) is 13.5. The zero-order valence-electron chi connectivity index (χ0n) is 23.7. The van der Waals surface area contributed by atoms with Crippen LogP contribution < -0.4 is 9.70 Å². The van der Waals surface area contributed by atoms with E-state index in [0.29, 0.717) is 53.2 Å². The van der Waals surface area contributed by atoms with Gasteiger partial charge in [-0.1, -0.05) is 66.6 Å². The van der Waals surface area contributed by atoms with Crippen LogP contribution in [0.3, 0.4) is 0 Å². The molecule has 0 atom stereocenters. The topological polar surface area (TPSA) is 106 Å². The molecule has 5 rings (SSSR count). The van der Waals surface area contributed by atoms with Crippen LogP contribution in [0.15, 0.2) is 47.5 Å². The molecule has 0 bridgehead atoms. The summed E-state index contributed by atoms with van der Waals surface area (Å²) < 4.78 is 13.9. The number of esters is 1. The summed E-state index contributed by atoms with van der Waals surface area (Å²) >= 11 is 2.73. The Morgan fingerprint density at radius 3 is 2.68 bits per heavy atom. The zero-order chi connectivity index (χ0) is 29.1. The molecule has 0 saturated carbocycles. The number of nitrogens with zero attached hydrogens (tertiary/aromatic N) is 4. The minimum absolute atomic E-state index is 0.126. The molecule has 0 aliphatic carbocycles. The van der Waals surface area contributed by atoms with E-state index in [9.17, 15) is 14.7 Å². The summed E-state index contributed by atoms with van der Waals surface area (Å²) in [4.78, 5) is 38.0. The maximum absolute atomic E-state index is 13.7. The van der Waals surface area contributed by atoms with E-state index >= 15 is 0 Å². The summed E-state index contributed by atoms with van der Waals surface area (Å²) in [5, 5.41) is 10.4.